The predicted octanol–water partition coefficient (Wildman–Crippen LogP) is 3.99. The first kappa shape index (κ1) is 20.4. The van der Waals surface area contributed by atoms with Crippen molar-refractivity contribution in [3.8, 4) is 5.75 Å². The van der Waals surface area contributed by atoms with Gasteiger partial charge in [-0.1, -0.05) is 18.2 Å². The standard InChI is InChI=1S/C21H25FN2O3/c1-15(2)27-19-10-8-18(9-11-19)23-21(26)12-13-24(16(3)25)14-17-6-4-5-7-20(17)22/h4-11,15H,12-14H2,1-3H3,(H,23,26). The lowest BCUT2D eigenvalue weighted by molar-refractivity contribution is -0.130. The van der Waals surface area contributed by atoms with Crippen LogP contribution in [0.1, 0.15) is 32.8 Å². The Morgan fingerprint density at radius 1 is 1.11 bits per heavy atom. The smallest absolute Gasteiger partial charge is 0.226 e. The lowest BCUT2D eigenvalue weighted by atomic mass is 10.2. The van der Waals surface area contributed by atoms with Gasteiger partial charge in [0.05, 0.1) is 6.10 Å². The highest BCUT2D eigenvalue weighted by atomic mass is 19.1. The lowest BCUT2D eigenvalue weighted by Gasteiger charge is -2.21. The fraction of sp³-hybridized carbons (Fsp3) is 0.333. The van der Waals surface area contributed by atoms with Crippen LogP contribution in [-0.4, -0.2) is 29.4 Å². The average Bonchev–Trinajstić information content (AvgIpc) is 2.61. The van der Waals surface area contributed by atoms with Gasteiger partial charge in [-0.2, -0.15) is 0 Å². The summed E-state index contributed by atoms with van der Waals surface area (Å²) in [6.07, 6.45) is 0.204. The molecule has 0 aliphatic heterocycles. The molecule has 0 heterocycles. The minimum atomic E-state index is -0.364. The second-order valence-corrected chi connectivity index (χ2v) is 6.52. The zero-order valence-electron chi connectivity index (χ0n) is 15.9. The van der Waals surface area contributed by atoms with E-state index in [1.54, 1.807) is 42.5 Å². The summed E-state index contributed by atoms with van der Waals surface area (Å²) in [6, 6.07) is 13.4. The van der Waals surface area contributed by atoms with E-state index in [4.69, 9.17) is 4.74 Å². The number of halogens is 1. The van der Waals surface area contributed by atoms with E-state index in [9.17, 15) is 14.0 Å². The minimum absolute atomic E-state index is 0.0810. The van der Waals surface area contributed by atoms with Gasteiger partial charge in [0.25, 0.3) is 0 Å². The highest BCUT2D eigenvalue weighted by molar-refractivity contribution is 5.91. The summed E-state index contributed by atoms with van der Waals surface area (Å²) in [5.41, 5.74) is 1.08. The maximum atomic E-state index is 13.8. The van der Waals surface area contributed by atoms with E-state index < -0.39 is 0 Å². The molecule has 0 unspecified atom stereocenters. The zero-order chi connectivity index (χ0) is 19.8. The molecule has 0 aromatic heterocycles. The summed E-state index contributed by atoms with van der Waals surface area (Å²) in [6.45, 7) is 5.64. The fourth-order valence-electron chi connectivity index (χ4n) is 2.53. The van der Waals surface area contributed by atoms with Crippen LogP contribution < -0.4 is 10.1 Å². The summed E-state index contributed by atoms with van der Waals surface area (Å²) in [4.78, 5) is 25.4. The van der Waals surface area contributed by atoms with Crippen molar-refractivity contribution >= 4 is 17.5 Å². The normalized spacial score (nSPS) is 10.6. The van der Waals surface area contributed by atoms with Gasteiger partial charge in [0.15, 0.2) is 0 Å². The first-order valence-corrected chi connectivity index (χ1v) is 8.90. The largest absolute Gasteiger partial charge is 0.491 e. The minimum Gasteiger partial charge on any atom is -0.491 e. The third-order valence-electron chi connectivity index (χ3n) is 3.88. The molecule has 0 bridgehead atoms. The van der Waals surface area contributed by atoms with Gasteiger partial charge in [0, 0.05) is 37.7 Å². The van der Waals surface area contributed by atoms with Crippen LogP contribution in [0.25, 0.3) is 0 Å². The molecular weight excluding hydrogens is 347 g/mol. The molecule has 0 saturated heterocycles. The van der Waals surface area contributed by atoms with Gasteiger partial charge >= 0.3 is 0 Å². The number of benzene rings is 2. The van der Waals surface area contributed by atoms with Crippen LogP contribution >= 0.6 is 0 Å². The van der Waals surface area contributed by atoms with Gasteiger partial charge < -0.3 is 15.0 Å². The molecule has 2 aromatic rings. The van der Waals surface area contributed by atoms with Gasteiger partial charge in [0.1, 0.15) is 11.6 Å². The lowest BCUT2D eigenvalue weighted by Crippen LogP contribution is -2.31. The number of carbonyl (C=O) groups excluding carboxylic acids is 2. The Balaban J connectivity index is 1.88. The van der Waals surface area contributed by atoms with E-state index in [-0.39, 0.29) is 43.2 Å². The SMILES string of the molecule is CC(=O)N(CCC(=O)Nc1ccc(OC(C)C)cc1)Cc1ccccc1F. The van der Waals surface area contributed by atoms with Crippen molar-refractivity contribution in [1.82, 2.24) is 4.90 Å². The first-order valence-electron chi connectivity index (χ1n) is 8.90. The molecule has 1 N–H and O–H groups in total. The monoisotopic (exact) mass is 372 g/mol. The van der Waals surface area contributed by atoms with Crippen LogP contribution in [0.2, 0.25) is 0 Å². The number of hydrogen-bond donors (Lipinski definition) is 1. The van der Waals surface area contributed by atoms with Gasteiger partial charge in [-0.3, -0.25) is 9.59 Å². The summed E-state index contributed by atoms with van der Waals surface area (Å²) < 4.78 is 19.3. The van der Waals surface area contributed by atoms with Crippen molar-refractivity contribution in [2.45, 2.75) is 39.8 Å². The predicted molar refractivity (Wildman–Crippen MR) is 103 cm³/mol. The number of carbonyl (C=O) groups is 2. The van der Waals surface area contributed by atoms with Crippen LogP contribution in [0.4, 0.5) is 10.1 Å². The summed E-state index contributed by atoms with van der Waals surface area (Å²) >= 11 is 0. The average molecular weight is 372 g/mol. The zero-order valence-corrected chi connectivity index (χ0v) is 15.9. The van der Waals surface area contributed by atoms with E-state index in [0.29, 0.717) is 11.3 Å². The molecule has 0 aliphatic carbocycles. The molecule has 144 valence electrons. The van der Waals surface area contributed by atoms with Crippen molar-refractivity contribution < 1.29 is 18.7 Å². The van der Waals surface area contributed by atoms with E-state index in [1.807, 2.05) is 13.8 Å². The van der Waals surface area contributed by atoms with Crippen LogP contribution in [0.5, 0.6) is 5.75 Å². The topological polar surface area (TPSA) is 58.6 Å². The number of anilines is 1. The molecule has 0 radical (unpaired) electrons. The third kappa shape index (κ3) is 6.73. The number of rotatable bonds is 8. The van der Waals surface area contributed by atoms with E-state index in [1.165, 1.54) is 17.9 Å². The van der Waals surface area contributed by atoms with E-state index in [2.05, 4.69) is 5.32 Å². The Hall–Kier alpha value is -2.89. The number of hydrogen-bond acceptors (Lipinski definition) is 3. The molecule has 0 fully saturated rings. The van der Waals surface area contributed by atoms with Crippen LogP contribution in [0.3, 0.4) is 0 Å². The molecule has 2 rings (SSSR count). The fourth-order valence-corrected chi connectivity index (χ4v) is 2.53. The van der Waals surface area contributed by atoms with Gasteiger partial charge in [0.2, 0.25) is 11.8 Å². The molecule has 0 atom stereocenters. The Morgan fingerprint density at radius 2 is 1.78 bits per heavy atom. The maximum absolute atomic E-state index is 13.8. The van der Waals surface area contributed by atoms with Crippen molar-refractivity contribution in [1.29, 1.82) is 0 Å². The number of nitrogens with zero attached hydrogens (tertiary/aromatic N) is 1. The number of amides is 2. The van der Waals surface area contributed by atoms with Crippen LogP contribution in [-0.2, 0) is 16.1 Å². The second kappa shape index (κ2) is 9.71. The van der Waals surface area contributed by atoms with Gasteiger partial charge in [-0.15, -0.1) is 0 Å². The molecule has 6 heteroatoms. The quantitative estimate of drug-likeness (QED) is 0.762. The number of nitrogens with one attached hydrogen (secondary N) is 1. The Kier molecular flexibility index (Phi) is 7.34. The van der Waals surface area contributed by atoms with Crippen molar-refractivity contribution in [3.63, 3.8) is 0 Å². The molecule has 0 spiro atoms. The van der Waals surface area contributed by atoms with Crippen LogP contribution in [0, 0.1) is 5.82 Å². The van der Waals surface area contributed by atoms with E-state index >= 15 is 0 Å². The molecule has 27 heavy (non-hydrogen) atoms. The van der Waals surface area contributed by atoms with Gasteiger partial charge in [-0.25, -0.2) is 4.39 Å². The molecule has 2 aromatic carbocycles. The van der Waals surface area contributed by atoms with Crippen molar-refractivity contribution in [3.05, 3.63) is 59.9 Å². The number of ether oxygens (including phenoxy) is 1. The van der Waals surface area contributed by atoms with Crippen molar-refractivity contribution in [2.24, 2.45) is 0 Å². The highest BCUT2D eigenvalue weighted by Crippen LogP contribution is 2.17. The van der Waals surface area contributed by atoms with Crippen molar-refractivity contribution in [2.75, 3.05) is 11.9 Å². The summed E-state index contributed by atoms with van der Waals surface area (Å²) in [5, 5.41) is 2.79. The first-order chi connectivity index (χ1) is 12.8. The Labute approximate surface area is 159 Å². The maximum Gasteiger partial charge on any atom is 0.226 e. The molecule has 0 aliphatic rings. The second-order valence-electron chi connectivity index (χ2n) is 6.52. The molecule has 0 saturated carbocycles. The Morgan fingerprint density at radius 3 is 2.37 bits per heavy atom. The van der Waals surface area contributed by atoms with E-state index in [0.717, 1.165) is 5.75 Å². The molecule has 2 amide bonds. The summed E-state index contributed by atoms with van der Waals surface area (Å²) in [7, 11) is 0. The Bertz CT molecular complexity index is 775. The summed E-state index contributed by atoms with van der Waals surface area (Å²) in [5.74, 6) is -0.0545. The third-order valence-corrected chi connectivity index (χ3v) is 3.88. The van der Waals surface area contributed by atoms with Gasteiger partial charge in [-0.05, 0) is 44.2 Å². The molecular formula is C21H25FN2O3. The van der Waals surface area contributed by atoms with Crippen LogP contribution in [0.15, 0.2) is 48.5 Å². The molecule has 5 nitrogen and oxygen atoms in total. The highest BCUT2D eigenvalue weighted by Gasteiger charge is 2.14.